The van der Waals surface area contributed by atoms with Gasteiger partial charge in [0.1, 0.15) is 5.03 Å². The molecule has 0 atom stereocenters. The highest BCUT2D eigenvalue weighted by atomic mass is 35.5. The van der Waals surface area contributed by atoms with E-state index in [0.29, 0.717) is 47.3 Å². The molecule has 0 aliphatic carbocycles. The first-order valence-electron chi connectivity index (χ1n) is 11.6. The maximum atomic E-state index is 13.1. The van der Waals surface area contributed by atoms with E-state index in [-0.39, 0.29) is 17.2 Å². The molecule has 2 aliphatic heterocycles. The highest BCUT2D eigenvalue weighted by Gasteiger charge is 2.42. The van der Waals surface area contributed by atoms with Gasteiger partial charge < -0.3 is 19.3 Å². The molecule has 186 valence electrons. The Morgan fingerprint density at radius 2 is 1.80 bits per heavy atom. The SMILES string of the molecule is COc1ccc(C=CC(=O)N2CCC3(CCN(C(=O)c4cccnc4SC)CC3)C2)c(Cl)c1OC. The fourth-order valence-electron chi connectivity index (χ4n) is 4.90. The largest absolute Gasteiger partial charge is 0.493 e. The van der Waals surface area contributed by atoms with Crippen molar-refractivity contribution in [2.75, 3.05) is 46.7 Å². The van der Waals surface area contributed by atoms with Crippen LogP contribution in [0.3, 0.4) is 0 Å². The van der Waals surface area contributed by atoms with E-state index in [9.17, 15) is 9.59 Å². The highest BCUT2D eigenvalue weighted by molar-refractivity contribution is 7.98. The van der Waals surface area contributed by atoms with Gasteiger partial charge in [0.15, 0.2) is 11.5 Å². The zero-order valence-corrected chi connectivity index (χ0v) is 21.8. The summed E-state index contributed by atoms with van der Waals surface area (Å²) in [7, 11) is 3.08. The average Bonchev–Trinajstić information content (AvgIpc) is 3.31. The Balaban J connectivity index is 1.36. The number of ether oxygens (including phenoxy) is 2. The van der Waals surface area contributed by atoms with E-state index in [1.807, 2.05) is 28.2 Å². The summed E-state index contributed by atoms with van der Waals surface area (Å²) in [5, 5.41) is 1.17. The molecule has 0 bridgehead atoms. The molecule has 4 rings (SSSR count). The standard InChI is InChI=1S/C26H30ClN3O4S/c1-33-20-8-6-18(22(27)23(20)34-2)7-9-21(31)30-16-12-26(17-30)10-14-29(15-11-26)25(32)19-5-4-13-28-24(19)35-3/h4-9,13H,10-12,14-17H2,1-3H3. The van der Waals surface area contributed by atoms with Crippen molar-refractivity contribution in [3.05, 3.63) is 52.7 Å². The van der Waals surface area contributed by atoms with Crippen LogP contribution in [0.1, 0.15) is 35.2 Å². The molecule has 1 aromatic carbocycles. The van der Waals surface area contributed by atoms with Gasteiger partial charge in [0.2, 0.25) is 5.91 Å². The summed E-state index contributed by atoms with van der Waals surface area (Å²) in [6.45, 7) is 2.82. The maximum Gasteiger partial charge on any atom is 0.256 e. The van der Waals surface area contributed by atoms with Gasteiger partial charge in [-0.25, -0.2) is 4.98 Å². The van der Waals surface area contributed by atoms with Crippen LogP contribution in [-0.4, -0.2) is 73.3 Å². The van der Waals surface area contributed by atoms with Crippen LogP contribution in [-0.2, 0) is 4.79 Å². The zero-order chi connectivity index (χ0) is 25.0. The third kappa shape index (κ3) is 5.28. The predicted octanol–water partition coefficient (Wildman–Crippen LogP) is 4.64. The molecule has 7 nitrogen and oxygen atoms in total. The second kappa shape index (κ2) is 10.9. The molecule has 2 saturated heterocycles. The van der Waals surface area contributed by atoms with Crippen LogP contribution in [0.5, 0.6) is 11.5 Å². The van der Waals surface area contributed by atoms with Crippen LogP contribution >= 0.6 is 23.4 Å². The van der Waals surface area contributed by atoms with E-state index in [1.165, 1.54) is 18.9 Å². The van der Waals surface area contributed by atoms with E-state index in [0.717, 1.165) is 30.8 Å². The zero-order valence-electron chi connectivity index (χ0n) is 20.3. The van der Waals surface area contributed by atoms with Crippen LogP contribution in [0.2, 0.25) is 5.02 Å². The topological polar surface area (TPSA) is 72.0 Å². The van der Waals surface area contributed by atoms with E-state index in [2.05, 4.69) is 4.98 Å². The quantitative estimate of drug-likeness (QED) is 0.412. The summed E-state index contributed by atoms with van der Waals surface area (Å²) in [4.78, 5) is 34.1. The Hall–Kier alpha value is -2.71. The van der Waals surface area contributed by atoms with E-state index in [4.69, 9.17) is 21.1 Å². The molecule has 35 heavy (non-hydrogen) atoms. The van der Waals surface area contributed by atoms with Gasteiger partial charge in [0.05, 0.1) is 24.8 Å². The molecule has 3 heterocycles. The molecule has 9 heteroatoms. The normalized spacial score (nSPS) is 17.3. The lowest BCUT2D eigenvalue weighted by Crippen LogP contribution is -2.44. The molecule has 1 spiro atoms. The van der Waals surface area contributed by atoms with Gasteiger partial charge in [-0.3, -0.25) is 9.59 Å². The van der Waals surface area contributed by atoms with Gasteiger partial charge in [-0.15, -0.1) is 11.8 Å². The molecule has 0 unspecified atom stereocenters. The molecule has 2 amide bonds. The number of halogens is 1. The monoisotopic (exact) mass is 515 g/mol. The lowest BCUT2D eigenvalue weighted by molar-refractivity contribution is -0.125. The molecule has 2 fully saturated rings. The Labute approximate surface area is 215 Å². The summed E-state index contributed by atoms with van der Waals surface area (Å²) in [6.07, 6.45) is 9.67. The number of carbonyl (C=O) groups excluding carboxylic acids is 2. The van der Waals surface area contributed by atoms with Crippen molar-refractivity contribution in [1.29, 1.82) is 0 Å². The molecule has 0 N–H and O–H groups in total. The summed E-state index contributed by atoms with van der Waals surface area (Å²) in [5.41, 5.74) is 1.43. The second-order valence-electron chi connectivity index (χ2n) is 8.90. The molecular formula is C26H30ClN3O4S. The Kier molecular flexibility index (Phi) is 7.91. The van der Waals surface area contributed by atoms with Crippen molar-refractivity contribution in [2.24, 2.45) is 5.41 Å². The number of amides is 2. The predicted molar refractivity (Wildman–Crippen MR) is 138 cm³/mol. The van der Waals surface area contributed by atoms with Crippen molar-refractivity contribution >= 4 is 41.3 Å². The minimum absolute atomic E-state index is 0.0359. The number of hydrogen-bond donors (Lipinski definition) is 0. The van der Waals surface area contributed by atoms with Gasteiger partial charge in [0.25, 0.3) is 5.91 Å². The number of hydrogen-bond acceptors (Lipinski definition) is 6. The van der Waals surface area contributed by atoms with Crippen molar-refractivity contribution in [3.63, 3.8) is 0 Å². The van der Waals surface area contributed by atoms with Crippen LogP contribution in [0, 0.1) is 5.41 Å². The molecular weight excluding hydrogens is 486 g/mol. The summed E-state index contributed by atoms with van der Waals surface area (Å²) in [5.74, 6) is 0.991. The smallest absolute Gasteiger partial charge is 0.256 e. The molecule has 0 saturated carbocycles. The average molecular weight is 516 g/mol. The third-order valence-corrected chi connectivity index (χ3v) is 8.08. The number of carbonyl (C=O) groups is 2. The Morgan fingerprint density at radius 1 is 1.09 bits per heavy atom. The second-order valence-corrected chi connectivity index (χ2v) is 10.1. The lowest BCUT2D eigenvalue weighted by atomic mass is 9.77. The number of pyridine rings is 1. The van der Waals surface area contributed by atoms with Gasteiger partial charge in [0, 0.05) is 38.5 Å². The Morgan fingerprint density at radius 3 is 2.46 bits per heavy atom. The van der Waals surface area contributed by atoms with Crippen LogP contribution in [0.25, 0.3) is 6.08 Å². The van der Waals surface area contributed by atoms with Crippen molar-refractivity contribution in [2.45, 2.75) is 24.3 Å². The van der Waals surface area contributed by atoms with Gasteiger partial charge in [-0.2, -0.15) is 0 Å². The van der Waals surface area contributed by atoms with Crippen LogP contribution in [0.4, 0.5) is 0 Å². The summed E-state index contributed by atoms with van der Waals surface area (Å²) in [6, 6.07) is 7.22. The first-order valence-corrected chi connectivity index (χ1v) is 13.2. The van der Waals surface area contributed by atoms with Gasteiger partial charge >= 0.3 is 0 Å². The first kappa shape index (κ1) is 25.4. The van der Waals surface area contributed by atoms with Crippen LogP contribution in [0.15, 0.2) is 41.6 Å². The van der Waals surface area contributed by atoms with Crippen molar-refractivity contribution < 1.29 is 19.1 Å². The number of aromatic nitrogens is 1. The van der Waals surface area contributed by atoms with E-state index in [1.54, 1.807) is 37.6 Å². The molecule has 1 aromatic heterocycles. The number of methoxy groups -OCH3 is 2. The minimum atomic E-state index is -0.0359. The number of rotatable bonds is 6. The lowest BCUT2D eigenvalue weighted by Gasteiger charge is -2.39. The van der Waals surface area contributed by atoms with E-state index < -0.39 is 0 Å². The fourth-order valence-corrected chi connectivity index (χ4v) is 5.74. The van der Waals surface area contributed by atoms with Gasteiger partial charge in [-0.1, -0.05) is 11.6 Å². The third-order valence-electron chi connectivity index (χ3n) is 6.98. The molecule has 0 radical (unpaired) electrons. The summed E-state index contributed by atoms with van der Waals surface area (Å²) < 4.78 is 10.6. The molecule has 2 aliphatic rings. The molecule has 2 aromatic rings. The first-order chi connectivity index (χ1) is 16.9. The van der Waals surface area contributed by atoms with Crippen molar-refractivity contribution in [3.8, 4) is 11.5 Å². The van der Waals surface area contributed by atoms with Crippen LogP contribution < -0.4 is 9.47 Å². The van der Waals surface area contributed by atoms with E-state index >= 15 is 0 Å². The minimum Gasteiger partial charge on any atom is -0.493 e. The number of piperidine rings is 1. The van der Waals surface area contributed by atoms with Gasteiger partial charge in [-0.05, 0) is 66.8 Å². The summed E-state index contributed by atoms with van der Waals surface area (Å²) >= 11 is 7.92. The number of thioether (sulfide) groups is 1. The number of benzene rings is 1. The number of nitrogens with zero attached hydrogens (tertiary/aromatic N) is 3. The number of likely N-dealkylation sites (tertiary alicyclic amines) is 2. The Bertz CT molecular complexity index is 1130. The highest BCUT2D eigenvalue weighted by Crippen LogP contribution is 2.41. The van der Waals surface area contributed by atoms with Crippen molar-refractivity contribution in [1.82, 2.24) is 14.8 Å². The fraction of sp³-hybridized carbons (Fsp3) is 0.423. The maximum absolute atomic E-state index is 13.1.